The van der Waals surface area contributed by atoms with E-state index in [4.69, 9.17) is 0 Å². The van der Waals surface area contributed by atoms with Crippen LogP contribution in [0.15, 0.2) is 47.4 Å². The van der Waals surface area contributed by atoms with Crippen molar-refractivity contribution in [3.05, 3.63) is 53.6 Å². The van der Waals surface area contributed by atoms with E-state index < -0.39 is 10.0 Å². The van der Waals surface area contributed by atoms with Crippen LogP contribution < -0.4 is 4.31 Å². The highest BCUT2D eigenvalue weighted by molar-refractivity contribution is 7.92. The molecule has 0 amide bonds. The molecule has 0 saturated carbocycles. The number of hydrogen-bond acceptors (Lipinski definition) is 3. The van der Waals surface area contributed by atoms with Gasteiger partial charge in [-0.3, -0.25) is 4.31 Å². The van der Waals surface area contributed by atoms with Crippen LogP contribution in [0, 0.1) is 6.92 Å². The Balaban J connectivity index is 2.09. The average Bonchev–Trinajstić information content (AvgIpc) is 2.85. The zero-order valence-electron chi connectivity index (χ0n) is 11.1. The van der Waals surface area contributed by atoms with Crippen LogP contribution in [0.25, 0.3) is 0 Å². The minimum absolute atomic E-state index is 0.00990. The van der Waals surface area contributed by atoms with E-state index in [0.717, 1.165) is 11.1 Å². The predicted molar refractivity (Wildman–Crippen MR) is 77.5 cm³/mol. The molecule has 0 spiro atoms. The molecule has 1 N–H and O–H groups in total. The molecule has 5 heteroatoms. The van der Waals surface area contributed by atoms with Crippen molar-refractivity contribution in [2.75, 3.05) is 10.8 Å². The average molecular weight is 289 g/mol. The molecule has 20 heavy (non-hydrogen) atoms. The van der Waals surface area contributed by atoms with E-state index in [1.165, 1.54) is 10.4 Å². The molecular weight excluding hydrogens is 274 g/mol. The Kier molecular flexibility index (Phi) is 2.94. The van der Waals surface area contributed by atoms with Gasteiger partial charge in [-0.05, 0) is 37.1 Å². The molecule has 0 fully saturated rings. The van der Waals surface area contributed by atoms with Crippen LogP contribution in [-0.4, -0.2) is 20.1 Å². The molecule has 1 heterocycles. The highest BCUT2D eigenvalue weighted by atomic mass is 32.2. The van der Waals surface area contributed by atoms with Gasteiger partial charge in [0.15, 0.2) is 0 Å². The van der Waals surface area contributed by atoms with Crippen LogP contribution in [0.1, 0.15) is 11.1 Å². The lowest BCUT2D eigenvalue weighted by atomic mass is 10.1. The number of aryl methyl sites for hydroxylation is 1. The fourth-order valence-electron chi connectivity index (χ4n) is 2.48. The third-order valence-corrected chi connectivity index (χ3v) is 5.35. The van der Waals surface area contributed by atoms with Crippen molar-refractivity contribution in [1.82, 2.24) is 0 Å². The molecule has 0 aromatic heterocycles. The number of nitrogens with zero attached hydrogens (tertiary/aromatic N) is 1. The van der Waals surface area contributed by atoms with Crippen molar-refractivity contribution in [1.29, 1.82) is 0 Å². The molecule has 0 unspecified atom stereocenters. The molecule has 0 aliphatic carbocycles. The minimum atomic E-state index is -3.62. The molecular formula is C15H15NO3S. The summed E-state index contributed by atoms with van der Waals surface area (Å²) in [5, 5.41) is 9.95. The van der Waals surface area contributed by atoms with Crippen LogP contribution in [0.4, 0.5) is 5.69 Å². The van der Waals surface area contributed by atoms with Crippen molar-refractivity contribution in [3.63, 3.8) is 0 Å². The van der Waals surface area contributed by atoms with E-state index in [2.05, 4.69) is 0 Å². The molecule has 4 nitrogen and oxygen atoms in total. The third-order valence-electron chi connectivity index (χ3n) is 3.54. The maximum absolute atomic E-state index is 12.7. The quantitative estimate of drug-likeness (QED) is 0.924. The third kappa shape index (κ3) is 1.94. The molecule has 0 atom stereocenters. The van der Waals surface area contributed by atoms with Crippen LogP contribution in [0.3, 0.4) is 0 Å². The normalized spacial score (nSPS) is 14.3. The standard InChI is InChI=1S/C15H15NO3S/c1-11-5-7-13(8-6-11)20(18,19)16-10-9-12-3-2-4-14(17)15(12)16/h2-8,17H,9-10H2,1H3. The van der Waals surface area contributed by atoms with E-state index >= 15 is 0 Å². The van der Waals surface area contributed by atoms with Gasteiger partial charge < -0.3 is 5.11 Å². The highest BCUT2D eigenvalue weighted by Gasteiger charge is 2.32. The largest absolute Gasteiger partial charge is 0.506 e. The van der Waals surface area contributed by atoms with Crippen molar-refractivity contribution >= 4 is 15.7 Å². The van der Waals surface area contributed by atoms with Gasteiger partial charge in [0.05, 0.1) is 10.6 Å². The van der Waals surface area contributed by atoms with Gasteiger partial charge in [0.2, 0.25) is 0 Å². The SMILES string of the molecule is Cc1ccc(S(=O)(=O)N2CCc3cccc(O)c32)cc1. The Hall–Kier alpha value is -2.01. The molecule has 104 valence electrons. The highest BCUT2D eigenvalue weighted by Crippen LogP contribution is 2.39. The summed E-state index contributed by atoms with van der Waals surface area (Å²) in [6.45, 7) is 2.27. The van der Waals surface area contributed by atoms with Gasteiger partial charge in [-0.1, -0.05) is 29.8 Å². The number of aromatic hydroxyl groups is 1. The Morgan fingerprint density at radius 3 is 2.50 bits per heavy atom. The van der Waals surface area contributed by atoms with Gasteiger partial charge in [-0.25, -0.2) is 8.42 Å². The molecule has 2 aromatic rings. The number of anilines is 1. The first-order chi connectivity index (χ1) is 9.50. The van der Waals surface area contributed by atoms with Crippen LogP contribution in [0.5, 0.6) is 5.75 Å². The number of fused-ring (bicyclic) bond motifs is 1. The summed E-state index contributed by atoms with van der Waals surface area (Å²) < 4.78 is 26.6. The van der Waals surface area contributed by atoms with E-state index in [-0.39, 0.29) is 10.6 Å². The number of benzene rings is 2. The van der Waals surface area contributed by atoms with E-state index in [0.29, 0.717) is 18.7 Å². The van der Waals surface area contributed by atoms with Crippen LogP contribution in [0.2, 0.25) is 0 Å². The summed E-state index contributed by atoms with van der Waals surface area (Å²) in [5.41, 5.74) is 2.28. The van der Waals surface area contributed by atoms with Gasteiger partial charge in [-0.2, -0.15) is 0 Å². The molecule has 1 aliphatic heterocycles. The van der Waals surface area contributed by atoms with Gasteiger partial charge in [-0.15, -0.1) is 0 Å². The maximum atomic E-state index is 12.7. The van der Waals surface area contributed by atoms with E-state index in [1.807, 2.05) is 13.0 Å². The number of phenols is 1. The van der Waals surface area contributed by atoms with Crippen LogP contribution in [-0.2, 0) is 16.4 Å². The van der Waals surface area contributed by atoms with E-state index in [9.17, 15) is 13.5 Å². The van der Waals surface area contributed by atoms with Crippen molar-refractivity contribution in [2.24, 2.45) is 0 Å². The van der Waals surface area contributed by atoms with Gasteiger partial charge in [0, 0.05) is 6.54 Å². The van der Waals surface area contributed by atoms with Gasteiger partial charge in [0.25, 0.3) is 10.0 Å². The number of para-hydroxylation sites is 1. The number of sulfonamides is 1. The lowest BCUT2D eigenvalue weighted by molar-refractivity contribution is 0.476. The molecule has 2 aromatic carbocycles. The first kappa shape index (κ1) is 13.0. The Labute approximate surface area is 118 Å². The molecule has 0 bridgehead atoms. The molecule has 0 saturated heterocycles. The summed E-state index contributed by atoms with van der Waals surface area (Å²) in [6.07, 6.45) is 0.620. The summed E-state index contributed by atoms with van der Waals surface area (Å²) >= 11 is 0. The Morgan fingerprint density at radius 2 is 1.80 bits per heavy atom. The zero-order chi connectivity index (χ0) is 14.3. The van der Waals surface area contributed by atoms with Crippen molar-refractivity contribution in [2.45, 2.75) is 18.2 Å². The summed E-state index contributed by atoms with van der Waals surface area (Å²) in [4.78, 5) is 0.249. The second kappa shape index (κ2) is 4.52. The number of hydrogen-bond donors (Lipinski definition) is 1. The monoisotopic (exact) mass is 289 g/mol. The molecule has 1 aliphatic rings. The fourth-order valence-corrected chi connectivity index (χ4v) is 4.00. The second-order valence-electron chi connectivity index (χ2n) is 4.93. The van der Waals surface area contributed by atoms with Crippen LogP contribution >= 0.6 is 0 Å². The first-order valence-electron chi connectivity index (χ1n) is 6.40. The van der Waals surface area contributed by atoms with Gasteiger partial charge >= 0.3 is 0 Å². The smallest absolute Gasteiger partial charge is 0.264 e. The number of rotatable bonds is 2. The second-order valence-corrected chi connectivity index (χ2v) is 6.79. The Bertz CT molecular complexity index is 751. The lowest BCUT2D eigenvalue weighted by Crippen LogP contribution is -2.29. The number of phenolic OH excluding ortho intramolecular Hbond substituents is 1. The summed E-state index contributed by atoms with van der Waals surface area (Å²) in [5.74, 6) is 0.00990. The molecule has 3 rings (SSSR count). The zero-order valence-corrected chi connectivity index (χ0v) is 11.9. The van der Waals surface area contributed by atoms with Crippen molar-refractivity contribution < 1.29 is 13.5 Å². The first-order valence-corrected chi connectivity index (χ1v) is 7.84. The topological polar surface area (TPSA) is 57.6 Å². The maximum Gasteiger partial charge on any atom is 0.264 e. The van der Waals surface area contributed by atoms with E-state index in [1.54, 1.807) is 30.3 Å². The summed E-state index contributed by atoms with van der Waals surface area (Å²) in [7, 11) is -3.62. The lowest BCUT2D eigenvalue weighted by Gasteiger charge is -2.20. The minimum Gasteiger partial charge on any atom is -0.506 e. The summed E-state index contributed by atoms with van der Waals surface area (Å²) in [6, 6.07) is 11.8. The fraction of sp³-hybridized carbons (Fsp3) is 0.200. The van der Waals surface area contributed by atoms with Crippen molar-refractivity contribution in [3.8, 4) is 5.75 Å². The van der Waals surface area contributed by atoms with Gasteiger partial charge in [0.1, 0.15) is 5.75 Å². The molecule has 0 radical (unpaired) electrons. The Morgan fingerprint density at radius 1 is 1.10 bits per heavy atom. The predicted octanol–water partition coefficient (Wildman–Crippen LogP) is 2.45.